The van der Waals surface area contributed by atoms with E-state index in [1.54, 1.807) is 0 Å². The minimum atomic E-state index is -0.817. The summed E-state index contributed by atoms with van der Waals surface area (Å²) in [7, 11) is 0. The number of ether oxygens (including phenoxy) is 2. The number of halogens is 1. The smallest absolute Gasteiger partial charge is 0.240 e. The summed E-state index contributed by atoms with van der Waals surface area (Å²) in [5.74, 6) is 0.695. The minimum Gasteiger partial charge on any atom is -0.491 e. The van der Waals surface area contributed by atoms with Crippen molar-refractivity contribution in [3.8, 4) is 5.75 Å². The van der Waals surface area contributed by atoms with Crippen LogP contribution in [0, 0.1) is 6.92 Å². The Morgan fingerprint density at radius 2 is 2.04 bits per heavy atom. The quantitative estimate of drug-likeness (QED) is 0.861. The van der Waals surface area contributed by atoms with Crippen LogP contribution in [-0.4, -0.2) is 30.8 Å². The fourth-order valence-electron chi connectivity index (χ4n) is 2.49. The van der Waals surface area contributed by atoms with Gasteiger partial charge in [0.2, 0.25) is 5.91 Å². The lowest BCUT2D eigenvalue weighted by Gasteiger charge is -2.31. The van der Waals surface area contributed by atoms with Gasteiger partial charge in [0.05, 0.1) is 11.6 Å². The predicted octanol–water partition coefficient (Wildman–Crippen LogP) is 2.33. The molecular formula is C17H27ClN2O3. The summed E-state index contributed by atoms with van der Waals surface area (Å²) in [5, 5.41) is 2.94. The molecule has 0 aromatic heterocycles. The Morgan fingerprint density at radius 1 is 1.39 bits per heavy atom. The largest absolute Gasteiger partial charge is 0.491 e. The predicted molar refractivity (Wildman–Crippen MR) is 93.0 cm³/mol. The van der Waals surface area contributed by atoms with Gasteiger partial charge in [-0.3, -0.25) is 4.79 Å². The number of aryl methyl sites for hydroxylation is 1. The fourth-order valence-corrected chi connectivity index (χ4v) is 2.49. The van der Waals surface area contributed by atoms with Gasteiger partial charge >= 0.3 is 0 Å². The maximum Gasteiger partial charge on any atom is 0.240 e. The molecule has 0 unspecified atom stereocenters. The average molecular weight is 343 g/mol. The third kappa shape index (κ3) is 5.37. The van der Waals surface area contributed by atoms with Crippen LogP contribution in [0.15, 0.2) is 18.2 Å². The molecule has 1 fully saturated rings. The van der Waals surface area contributed by atoms with Crippen LogP contribution >= 0.6 is 12.4 Å². The highest BCUT2D eigenvalue weighted by atomic mass is 35.5. The molecule has 0 bridgehead atoms. The normalized spacial score (nSPS) is 16.6. The summed E-state index contributed by atoms with van der Waals surface area (Å²) in [6.45, 7) is 7.49. The lowest BCUT2D eigenvalue weighted by Crippen LogP contribution is -2.56. The number of benzene rings is 1. The number of hydrogen-bond acceptors (Lipinski definition) is 4. The molecule has 130 valence electrons. The summed E-state index contributed by atoms with van der Waals surface area (Å²) in [6, 6.07) is 6.00. The van der Waals surface area contributed by atoms with Gasteiger partial charge < -0.3 is 20.5 Å². The second kappa shape index (κ2) is 8.52. The van der Waals surface area contributed by atoms with Gasteiger partial charge in [-0.2, -0.15) is 0 Å². The van der Waals surface area contributed by atoms with E-state index in [2.05, 4.69) is 5.32 Å². The maximum absolute atomic E-state index is 12.4. The molecule has 1 aromatic carbocycles. The van der Waals surface area contributed by atoms with Crippen LogP contribution in [0.5, 0.6) is 5.75 Å². The maximum atomic E-state index is 12.4. The first-order valence-electron chi connectivity index (χ1n) is 7.82. The van der Waals surface area contributed by atoms with E-state index in [1.165, 1.54) is 0 Å². The van der Waals surface area contributed by atoms with E-state index in [0.717, 1.165) is 16.9 Å². The number of nitrogens with two attached hydrogens (primary N) is 1. The van der Waals surface area contributed by atoms with Gasteiger partial charge in [-0.15, -0.1) is 12.4 Å². The van der Waals surface area contributed by atoms with Gasteiger partial charge in [0.25, 0.3) is 0 Å². The van der Waals surface area contributed by atoms with E-state index in [9.17, 15) is 4.79 Å². The Hall–Kier alpha value is -1.30. The lowest BCUT2D eigenvalue weighted by molar-refractivity contribution is -0.129. The zero-order valence-corrected chi connectivity index (χ0v) is 14.9. The van der Waals surface area contributed by atoms with Crippen molar-refractivity contribution in [1.29, 1.82) is 0 Å². The molecule has 0 spiro atoms. The Kier molecular flexibility index (Phi) is 7.32. The molecular weight excluding hydrogens is 316 g/mol. The van der Waals surface area contributed by atoms with Crippen molar-refractivity contribution in [2.24, 2.45) is 5.73 Å². The van der Waals surface area contributed by atoms with Gasteiger partial charge in [0.15, 0.2) is 0 Å². The molecule has 0 aliphatic carbocycles. The van der Waals surface area contributed by atoms with Crippen molar-refractivity contribution >= 4 is 18.3 Å². The molecule has 1 heterocycles. The van der Waals surface area contributed by atoms with Crippen LogP contribution in [0.25, 0.3) is 0 Å². The van der Waals surface area contributed by atoms with E-state index < -0.39 is 5.54 Å². The number of carbonyl (C=O) groups is 1. The van der Waals surface area contributed by atoms with Crippen LogP contribution in [0.1, 0.15) is 37.8 Å². The number of carbonyl (C=O) groups excluding carboxylic acids is 1. The van der Waals surface area contributed by atoms with Gasteiger partial charge in [0, 0.05) is 25.3 Å². The second-order valence-corrected chi connectivity index (χ2v) is 6.23. The topological polar surface area (TPSA) is 73.6 Å². The number of rotatable bonds is 5. The molecule has 2 rings (SSSR count). The summed E-state index contributed by atoms with van der Waals surface area (Å²) in [4.78, 5) is 12.4. The highest BCUT2D eigenvalue weighted by Crippen LogP contribution is 2.23. The molecule has 1 amide bonds. The first-order chi connectivity index (χ1) is 10.4. The lowest BCUT2D eigenvalue weighted by atomic mass is 9.90. The third-order valence-electron chi connectivity index (χ3n) is 3.86. The van der Waals surface area contributed by atoms with Crippen molar-refractivity contribution in [3.63, 3.8) is 0 Å². The van der Waals surface area contributed by atoms with Crippen LogP contribution < -0.4 is 15.8 Å². The van der Waals surface area contributed by atoms with Crippen LogP contribution in [0.3, 0.4) is 0 Å². The van der Waals surface area contributed by atoms with E-state index in [-0.39, 0.29) is 24.4 Å². The summed E-state index contributed by atoms with van der Waals surface area (Å²) < 4.78 is 11.1. The number of hydrogen-bond donors (Lipinski definition) is 2. The Bertz CT molecular complexity index is 529. The molecule has 1 aromatic rings. The van der Waals surface area contributed by atoms with Gasteiger partial charge in [-0.05, 0) is 45.2 Å². The van der Waals surface area contributed by atoms with Crippen molar-refractivity contribution in [2.45, 2.75) is 51.8 Å². The number of amides is 1. The Balaban J connectivity index is 0.00000264. The molecule has 1 aliphatic rings. The summed E-state index contributed by atoms with van der Waals surface area (Å²) in [5.41, 5.74) is 7.46. The van der Waals surface area contributed by atoms with Crippen molar-refractivity contribution in [1.82, 2.24) is 5.32 Å². The van der Waals surface area contributed by atoms with Crippen molar-refractivity contribution in [3.05, 3.63) is 29.3 Å². The molecule has 5 nitrogen and oxygen atoms in total. The summed E-state index contributed by atoms with van der Waals surface area (Å²) >= 11 is 0. The molecule has 23 heavy (non-hydrogen) atoms. The molecule has 1 aliphatic heterocycles. The zero-order chi connectivity index (χ0) is 16.2. The zero-order valence-electron chi connectivity index (χ0n) is 14.1. The van der Waals surface area contributed by atoms with Crippen molar-refractivity contribution < 1.29 is 14.3 Å². The van der Waals surface area contributed by atoms with Crippen LogP contribution in [0.4, 0.5) is 0 Å². The first-order valence-corrected chi connectivity index (χ1v) is 7.82. The molecule has 0 atom stereocenters. The SMILES string of the molecule is Cc1ccc(CNC(=O)C2(N)CCOCC2)c(OC(C)C)c1.Cl. The van der Waals surface area contributed by atoms with E-state index in [0.29, 0.717) is 32.6 Å². The Morgan fingerprint density at radius 3 is 2.65 bits per heavy atom. The fraction of sp³-hybridized carbons (Fsp3) is 0.588. The molecule has 6 heteroatoms. The number of nitrogens with one attached hydrogen (secondary N) is 1. The second-order valence-electron chi connectivity index (χ2n) is 6.23. The molecule has 1 saturated heterocycles. The first kappa shape index (κ1) is 19.7. The monoisotopic (exact) mass is 342 g/mol. The Labute approximate surface area is 144 Å². The van der Waals surface area contributed by atoms with Crippen molar-refractivity contribution in [2.75, 3.05) is 13.2 Å². The van der Waals surface area contributed by atoms with Gasteiger partial charge in [-0.1, -0.05) is 12.1 Å². The van der Waals surface area contributed by atoms with Crippen LogP contribution in [-0.2, 0) is 16.1 Å². The van der Waals surface area contributed by atoms with E-state index in [4.69, 9.17) is 15.2 Å². The molecule has 0 radical (unpaired) electrons. The highest BCUT2D eigenvalue weighted by molar-refractivity contribution is 5.86. The third-order valence-corrected chi connectivity index (χ3v) is 3.86. The highest BCUT2D eigenvalue weighted by Gasteiger charge is 2.35. The average Bonchev–Trinajstić information content (AvgIpc) is 2.46. The summed E-state index contributed by atoms with van der Waals surface area (Å²) in [6.07, 6.45) is 1.21. The standard InChI is InChI=1S/C17H26N2O3.ClH/c1-12(2)22-15-10-13(3)4-5-14(15)11-19-16(20)17(18)6-8-21-9-7-17;/h4-5,10,12H,6-9,11,18H2,1-3H3,(H,19,20);1H. The van der Waals surface area contributed by atoms with E-state index >= 15 is 0 Å². The molecule has 0 saturated carbocycles. The minimum absolute atomic E-state index is 0. The van der Waals surface area contributed by atoms with Gasteiger partial charge in [-0.25, -0.2) is 0 Å². The van der Waals surface area contributed by atoms with Crippen LogP contribution in [0.2, 0.25) is 0 Å². The van der Waals surface area contributed by atoms with Gasteiger partial charge in [0.1, 0.15) is 5.75 Å². The van der Waals surface area contributed by atoms with E-state index in [1.807, 2.05) is 39.0 Å². The molecule has 3 N–H and O–H groups in total.